The molecule has 2 aliphatic rings. The largest absolute Gasteiger partial charge is 0.353 e. The number of nitrogens with zero attached hydrogens (tertiary/aromatic N) is 5. The van der Waals surface area contributed by atoms with Crippen LogP contribution in [0, 0.1) is 0 Å². The Hall–Kier alpha value is -2.15. The summed E-state index contributed by atoms with van der Waals surface area (Å²) < 4.78 is 0. The number of carbonyl (C=O) groups is 1. The highest BCUT2D eigenvalue weighted by molar-refractivity contribution is 6.30. The van der Waals surface area contributed by atoms with Crippen LogP contribution in [-0.4, -0.2) is 84.5 Å². The van der Waals surface area contributed by atoms with Crippen LogP contribution < -0.4 is 4.90 Å². The summed E-state index contributed by atoms with van der Waals surface area (Å²) in [5.41, 5.74) is 1.28. The molecule has 2 aliphatic heterocycles. The fraction of sp³-hybridized carbons (Fsp3) is 0.455. The molecule has 1 amide bonds. The zero-order valence-electron chi connectivity index (χ0n) is 16.7. The van der Waals surface area contributed by atoms with Gasteiger partial charge in [0.1, 0.15) is 5.82 Å². The van der Waals surface area contributed by atoms with Gasteiger partial charge in [0, 0.05) is 70.1 Å². The third kappa shape index (κ3) is 5.47. The highest BCUT2D eigenvalue weighted by atomic mass is 35.5. The van der Waals surface area contributed by atoms with Crippen molar-refractivity contribution in [1.82, 2.24) is 19.7 Å². The van der Waals surface area contributed by atoms with Gasteiger partial charge in [0.15, 0.2) is 0 Å². The summed E-state index contributed by atoms with van der Waals surface area (Å²) in [4.78, 5) is 26.1. The molecule has 2 aromatic rings. The van der Waals surface area contributed by atoms with Gasteiger partial charge in [0.2, 0.25) is 5.91 Å². The number of piperazine rings is 2. The third-order valence-electron chi connectivity index (χ3n) is 5.75. The van der Waals surface area contributed by atoms with Crippen molar-refractivity contribution in [3.05, 3.63) is 59.2 Å². The van der Waals surface area contributed by atoms with E-state index in [2.05, 4.69) is 31.8 Å². The summed E-state index contributed by atoms with van der Waals surface area (Å²) in [5.74, 6) is 1.24. The Bertz CT molecular complexity index is 785. The molecule has 0 atom stereocenters. The number of carbonyl (C=O) groups excluding carboxylic acids is 1. The van der Waals surface area contributed by atoms with Crippen LogP contribution in [0.15, 0.2) is 48.7 Å². The Labute approximate surface area is 177 Å². The molecule has 0 unspecified atom stereocenters. The van der Waals surface area contributed by atoms with Crippen molar-refractivity contribution in [3.63, 3.8) is 0 Å². The van der Waals surface area contributed by atoms with E-state index < -0.39 is 0 Å². The number of halogens is 1. The van der Waals surface area contributed by atoms with Gasteiger partial charge in [0.05, 0.1) is 6.54 Å². The molecule has 1 aromatic carbocycles. The topological polar surface area (TPSA) is 42.9 Å². The molecule has 0 aliphatic carbocycles. The van der Waals surface area contributed by atoms with Gasteiger partial charge in [-0.25, -0.2) is 4.98 Å². The van der Waals surface area contributed by atoms with Gasteiger partial charge in [-0.1, -0.05) is 29.8 Å². The summed E-state index contributed by atoms with van der Waals surface area (Å²) in [6.45, 7) is 8.55. The average molecular weight is 414 g/mol. The maximum atomic E-state index is 12.7. The number of hydrogen-bond donors (Lipinski definition) is 0. The van der Waals surface area contributed by atoms with Crippen LogP contribution in [0.5, 0.6) is 0 Å². The normalized spacial score (nSPS) is 18.8. The molecule has 2 fully saturated rings. The van der Waals surface area contributed by atoms with Crippen molar-refractivity contribution >= 4 is 23.3 Å². The van der Waals surface area contributed by atoms with Gasteiger partial charge in [-0.15, -0.1) is 0 Å². The summed E-state index contributed by atoms with van der Waals surface area (Å²) >= 11 is 5.96. The van der Waals surface area contributed by atoms with Crippen LogP contribution >= 0.6 is 11.6 Å². The smallest absolute Gasteiger partial charge is 0.236 e. The van der Waals surface area contributed by atoms with Crippen LogP contribution in [0.4, 0.5) is 5.82 Å². The molecule has 154 valence electrons. The minimum atomic E-state index is 0.247. The number of benzene rings is 1. The minimum Gasteiger partial charge on any atom is -0.353 e. The predicted molar refractivity (Wildman–Crippen MR) is 116 cm³/mol. The fourth-order valence-corrected chi connectivity index (χ4v) is 4.10. The number of anilines is 1. The zero-order chi connectivity index (χ0) is 20.1. The van der Waals surface area contributed by atoms with Crippen LogP contribution in [-0.2, 0) is 11.3 Å². The first-order chi connectivity index (χ1) is 14.2. The molecule has 0 saturated carbocycles. The predicted octanol–water partition coefficient (Wildman–Crippen LogP) is 2.20. The van der Waals surface area contributed by atoms with E-state index >= 15 is 0 Å². The second-order valence-electron chi connectivity index (χ2n) is 7.73. The van der Waals surface area contributed by atoms with Gasteiger partial charge in [-0.2, -0.15) is 0 Å². The molecule has 29 heavy (non-hydrogen) atoms. The molecule has 2 saturated heterocycles. The second kappa shape index (κ2) is 9.57. The van der Waals surface area contributed by atoms with Gasteiger partial charge in [0.25, 0.3) is 0 Å². The number of aromatic nitrogens is 1. The maximum Gasteiger partial charge on any atom is 0.236 e. The Balaban J connectivity index is 1.19. The van der Waals surface area contributed by atoms with Crippen LogP contribution in [0.3, 0.4) is 0 Å². The third-order valence-corrected chi connectivity index (χ3v) is 6.00. The molecular formula is C22H28ClN5O. The van der Waals surface area contributed by atoms with Gasteiger partial charge >= 0.3 is 0 Å². The monoisotopic (exact) mass is 413 g/mol. The Morgan fingerprint density at radius 2 is 1.55 bits per heavy atom. The Morgan fingerprint density at radius 3 is 2.21 bits per heavy atom. The van der Waals surface area contributed by atoms with Crippen molar-refractivity contribution in [3.8, 4) is 0 Å². The lowest BCUT2D eigenvalue weighted by atomic mass is 10.2. The fourth-order valence-electron chi connectivity index (χ4n) is 3.97. The number of amides is 1. The highest BCUT2D eigenvalue weighted by Crippen LogP contribution is 2.14. The van der Waals surface area contributed by atoms with E-state index in [0.717, 1.165) is 69.7 Å². The molecular weight excluding hydrogens is 386 g/mol. The van der Waals surface area contributed by atoms with Gasteiger partial charge in [-0.05, 0) is 29.8 Å². The molecule has 4 rings (SSSR count). The number of rotatable bonds is 5. The lowest BCUT2D eigenvalue weighted by molar-refractivity contribution is -0.133. The molecule has 1 aromatic heterocycles. The average Bonchev–Trinajstić information content (AvgIpc) is 2.77. The highest BCUT2D eigenvalue weighted by Gasteiger charge is 2.25. The molecule has 0 N–H and O–H groups in total. The number of pyridine rings is 1. The standard InChI is InChI=1S/C22H28ClN5O/c23-20-6-4-19(5-7-20)17-25-9-11-26(12-10-25)18-22(29)28-15-13-27(14-16-28)21-3-1-2-8-24-21/h1-8H,9-18H2. The Morgan fingerprint density at radius 1 is 0.862 bits per heavy atom. The first-order valence-electron chi connectivity index (χ1n) is 10.3. The zero-order valence-corrected chi connectivity index (χ0v) is 17.5. The maximum absolute atomic E-state index is 12.7. The first-order valence-corrected chi connectivity index (χ1v) is 10.7. The van der Waals surface area contributed by atoms with Gasteiger partial charge in [-0.3, -0.25) is 14.6 Å². The van der Waals surface area contributed by atoms with Crippen molar-refractivity contribution in [2.24, 2.45) is 0 Å². The SMILES string of the molecule is O=C(CN1CCN(Cc2ccc(Cl)cc2)CC1)N1CCN(c2ccccn2)CC1. The summed E-state index contributed by atoms with van der Waals surface area (Å²) in [7, 11) is 0. The molecule has 6 nitrogen and oxygen atoms in total. The van der Waals surface area contributed by atoms with E-state index in [9.17, 15) is 4.79 Å². The van der Waals surface area contributed by atoms with Crippen LogP contribution in [0.25, 0.3) is 0 Å². The molecule has 3 heterocycles. The minimum absolute atomic E-state index is 0.247. The van der Waals surface area contributed by atoms with E-state index in [1.165, 1.54) is 5.56 Å². The Kier molecular flexibility index (Phi) is 6.64. The molecule has 0 radical (unpaired) electrons. The summed E-state index contributed by atoms with van der Waals surface area (Å²) in [6, 6.07) is 14.0. The van der Waals surface area contributed by atoms with Crippen molar-refractivity contribution in [2.75, 3.05) is 63.8 Å². The lowest BCUT2D eigenvalue weighted by Gasteiger charge is -2.38. The van der Waals surface area contributed by atoms with E-state index in [4.69, 9.17) is 11.6 Å². The quantitative estimate of drug-likeness (QED) is 0.751. The van der Waals surface area contributed by atoms with Crippen molar-refractivity contribution in [1.29, 1.82) is 0 Å². The molecule has 0 bridgehead atoms. The van der Waals surface area contributed by atoms with Gasteiger partial charge < -0.3 is 9.80 Å². The van der Waals surface area contributed by atoms with Crippen LogP contribution in [0.2, 0.25) is 5.02 Å². The van der Waals surface area contributed by atoms with E-state index in [1.54, 1.807) is 0 Å². The second-order valence-corrected chi connectivity index (χ2v) is 8.17. The lowest BCUT2D eigenvalue weighted by Crippen LogP contribution is -2.53. The van der Waals surface area contributed by atoms with E-state index in [1.807, 2.05) is 41.4 Å². The molecule has 0 spiro atoms. The summed E-state index contributed by atoms with van der Waals surface area (Å²) in [5, 5.41) is 0.776. The van der Waals surface area contributed by atoms with Crippen LogP contribution in [0.1, 0.15) is 5.56 Å². The van der Waals surface area contributed by atoms with E-state index in [-0.39, 0.29) is 5.91 Å². The van der Waals surface area contributed by atoms with Crippen molar-refractivity contribution < 1.29 is 4.79 Å². The first kappa shape index (κ1) is 20.1. The molecule has 7 heteroatoms. The van der Waals surface area contributed by atoms with E-state index in [0.29, 0.717) is 6.54 Å². The van der Waals surface area contributed by atoms with Crippen molar-refractivity contribution in [2.45, 2.75) is 6.54 Å². The summed E-state index contributed by atoms with van der Waals surface area (Å²) in [6.07, 6.45) is 1.82. The number of hydrogen-bond acceptors (Lipinski definition) is 5.